The van der Waals surface area contributed by atoms with Gasteiger partial charge in [0.05, 0.1) is 0 Å². The number of carbonyl (C=O) groups excluding carboxylic acids is 2. The molecule has 12 aliphatic carbocycles. The van der Waals surface area contributed by atoms with Gasteiger partial charge < -0.3 is 24.5 Å². The molecule has 12 unspecified atom stereocenters. The lowest BCUT2D eigenvalue weighted by Crippen LogP contribution is -2.60. The first-order valence-electron chi connectivity index (χ1n) is 44.7. The lowest BCUT2D eigenvalue weighted by atomic mass is 9.54. The van der Waals surface area contributed by atoms with Crippen LogP contribution in [0.25, 0.3) is 0 Å². The summed E-state index contributed by atoms with van der Waals surface area (Å²) in [6.07, 6.45) is 33.5. The highest BCUT2D eigenvalue weighted by Gasteiger charge is 2.51. The number of ketones is 2. The quantitative estimate of drug-likeness (QED) is 0.0833. The highest BCUT2D eigenvalue weighted by molar-refractivity contribution is 5.95. The molecule has 586 valence electrons. The predicted octanol–water partition coefficient (Wildman–Crippen LogP) is 17.3. The molecule has 12 heteroatoms. The van der Waals surface area contributed by atoms with Gasteiger partial charge in [-0.15, -0.1) is 0 Å². The number of nitrogens with zero attached hydrogens (tertiary/aromatic N) is 10. The average Bonchev–Trinajstić information content (AvgIpc) is 1.69. The Kier molecular flexibility index (Phi) is 23.6. The van der Waals surface area contributed by atoms with Gasteiger partial charge >= 0.3 is 0 Å². The third-order valence-corrected chi connectivity index (χ3v) is 31.4. The molecule has 0 spiro atoms. The Balaban J connectivity index is 0.0000000996. The molecule has 5 aliphatic heterocycles. The molecule has 5 aromatic rings. The second-order valence-corrected chi connectivity index (χ2v) is 38.2. The van der Waals surface area contributed by atoms with Gasteiger partial charge in [0, 0.05) is 201 Å². The van der Waals surface area contributed by atoms with Crippen LogP contribution in [0.15, 0.2) is 127 Å². The van der Waals surface area contributed by atoms with Gasteiger partial charge in [-0.05, 0) is 311 Å². The summed E-state index contributed by atoms with van der Waals surface area (Å²) in [5, 5.41) is 0. The fraction of sp³-hybridized carbons (Fsp3) is 0.649. The molecule has 109 heavy (non-hydrogen) atoms. The van der Waals surface area contributed by atoms with Gasteiger partial charge in [-0.3, -0.25) is 34.1 Å². The van der Waals surface area contributed by atoms with Gasteiger partial charge in [-0.1, -0.05) is 78.9 Å². The lowest BCUT2D eigenvalue weighted by molar-refractivity contribution is -0.0665. The summed E-state index contributed by atoms with van der Waals surface area (Å²) in [5.41, 5.74) is 13.9. The zero-order chi connectivity index (χ0) is 74.2. The second-order valence-electron chi connectivity index (χ2n) is 38.2. The lowest BCUT2D eigenvalue weighted by Gasteiger charge is -2.58. The van der Waals surface area contributed by atoms with E-state index in [1.165, 1.54) is 239 Å². The van der Waals surface area contributed by atoms with Crippen LogP contribution in [0.5, 0.6) is 0 Å². The van der Waals surface area contributed by atoms with E-state index in [1.54, 1.807) is 46.0 Å². The van der Waals surface area contributed by atoms with Crippen molar-refractivity contribution in [1.29, 1.82) is 0 Å². The van der Waals surface area contributed by atoms with Crippen molar-refractivity contribution in [3.05, 3.63) is 161 Å². The zero-order valence-electron chi connectivity index (χ0n) is 68.0. The molecule has 0 N–H and O–H groups in total. The Morgan fingerprint density at radius 1 is 0.321 bits per heavy atom. The maximum absolute atomic E-state index is 11.4. The molecule has 5 aromatic carbocycles. The average molecular weight is 1470 g/mol. The van der Waals surface area contributed by atoms with E-state index >= 15 is 0 Å². The summed E-state index contributed by atoms with van der Waals surface area (Å²) in [6, 6.07) is 44.8. The van der Waals surface area contributed by atoms with Crippen LogP contribution in [0, 0.1) is 105 Å². The SMILES string of the molecule is CC(=O)c1ccc(N2CCN(C3CC4CCC3C4)CC2)cc1.CC(=O)c1ccc(N2CCN(CC3CC4C=CC3C4)CC2)cc1.Cc1ccc(C)c(N2CCN(C3CC4CCC3C4)CC2)c1.Cc1ccc(N2CCN(C3C4CC5CC(C4)CC3C5)CC2)cc1.Cc1ccc(N2CCN(C3CC4CCC3C4)CC2)cc1. The topological polar surface area (TPSA) is 66.5 Å². The highest BCUT2D eigenvalue weighted by Crippen LogP contribution is 2.56. The minimum absolute atomic E-state index is 0.140. The molecule has 22 rings (SSSR count). The van der Waals surface area contributed by atoms with Crippen molar-refractivity contribution in [1.82, 2.24) is 24.5 Å². The predicted molar refractivity (Wildman–Crippen MR) is 452 cm³/mol. The fourth-order valence-electron chi connectivity index (χ4n) is 25.7. The molecule has 11 saturated carbocycles. The molecule has 0 amide bonds. The molecule has 0 radical (unpaired) electrons. The monoisotopic (exact) mass is 1470 g/mol. The fourth-order valence-corrected chi connectivity index (χ4v) is 25.7. The van der Waals surface area contributed by atoms with Crippen molar-refractivity contribution in [2.45, 2.75) is 188 Å². The first-order valence-corrected chi connectivity index (χ1v) is 44.7. The zero-order valence-corrected chi connectivity index (χ0v) is 68.0. The Bertz CT molecular complexity index is 3810. The number of rotatable bonds is 13. The minimum Gasteiger partial charge on any atom is -0.369 e. The van der Waals surface area contributed by atoms with Crippen LogP contribution in [0.4, 0.5) is 28.4 Å². The van der Waals surface area contributed by atoms with Crippen molar-refractivity contribution in [2.75, 3.05) is 162 Å². The molecular formula is C97H136N10O2. The third-order valence-electron chi connectivity index (χ3n) is 31.4. The third kappa shape index (κ3) is 17.6. The Morgan fingerprint density at radius 3 is 1.03 bits per heavy atom. The molecule has 0 aromatic heterocycles. The number of anilines is 5. The number of fused-ring (bicyclic) bond motifs is 8. The number of aryl methyl sites for hydroxylation is 4. The van der Waals surface area contributed by atoms with Crippen molar-refractivity contribution < 1.29 is 9.59 Å². The summed E-state index contributed by atoms with van der Waals surface area (Å²) in [4.78, 5) is 49.3. The number of allylic oxidation sites excluding steroid dienone is 2. The largest absolute Gasteiger partial charge is 0.369 e. The first-order chi connectivity index (χ1) is 53.1. The van der Waals surface area contributed by atoms with Gasteiger partial charge in [0.15, 0.2) is 11.6 Å². The number of carbonyl (C=O) groups is 2. The minimum atomic E-state index is 0.140. The molecule has 12 bridgehead atoms. The van der Waals surface area contributed by atoms with Gasteiger partial charge in [0.1, 0.15) is 0 Å². The van der Waals surface area contributed by atoms with Gasteiger partial charge in [-0.2, -0.15) is 0 Å². The Hall–Kier alpha value is -6.02. The maximum Gasteiger partial charge on any atom is 0.159 e. The van der Waals surface area contributed by atoms with E-state index in [0.717, 1.165) is 151 Å². The van der Waals surface area contributed by atoms with Crippen LogP contribution >= 0.6 is 0 Å². The van der Waals surface area contributed by atoms with Gasteiger partial charge in [0.25, 0.3) is 0 Å². The van der Waals surface area contributed by atoms with Gasteiger partial charge in [-0.25, -0.2) is 0 Å². The van der Waals surface area contributed by atoms with Crippen LogP contribution in [0.1, 0.15) is 179 Å². The van der Waals surface area contributed by atoms with E-state index in [2.05, 4.69) is 180 Å². The normalized spacial score (nSPS) is 33.7. The molecular weight excluding hydrogens is 1340 g/mol. The van der Waals surface area contributed by atoms with E-state index in [0.29, 0.717) is 0 Å². The van der Waals surface area contributed by atoms with Crippen LogP contribution in [-0.2, 0) is 0 Å². The van der Waals surface area contributed by atoms with E-state index in [9.17, 15) is 9.59 Å². The maximum atomic E-state index is 11.4. The summed E-state index contributed by atoms with van der Waals surface area (Å²) >= 11 is 0. The standard InChI is InChI=1S/C21H30N2.C20H26N2O.C19H26N2O.C19H28N2.C18H26N2/c1-15-2-4-20(5-3-15)22-6-8-23(9-7-22)21-18-11-16-10-17(13-18)14-19(21)12-16;1-15(23)17-4-6-20(7-5-17)22-10-8-21(9-11-22)14-19-13-16-2-3-18(19)12-16;1-14(22)16-4-6-18(7-5-16)20-8-10-21(11-9-20)19-13-15-2-3-17(19)12-15;1-14-3-4-15(2)18(11-14)20-7-9-21(10-8-20)19-13-16-5-6-17(19)12-16;1-14-2-6-17(7-3-14)19-8-10-20(11-9-19)18-13-15-4-5-16(18)12-15/h2-5,16-19,21H,6-14H2,1H3;2-7,16,18-19H,8-14H2,1H3;4-7,15,17,19H,2-3,8-13H2,1H3;3-4,11,16-17,19H,5-10,12-13H2,1-2H3;2-3,6-7,15-16,18H,4-5,8-13H2,1H3. The summed E-state index contributed by atoms with van der Waals surface area (Å²) in [7, 11) is 0. The molecule has 12 nitrogen and oxygen atoms in total. The molecule has 5 heterocycles. The van der Waals surface area contributed by atoms with E-state index in [-0.39, 0.29) is 11.6 Å². The van der Waals surface area contributed by atoms with Crippen LogP contribution in [-0.4, -0.2) is 198 Å². The summed E-state index contributed by atoms with van der Waals surface area (Å²) < 4.78 is 0. The van der Waals surface area contributed by atoms with Crippen molar-refractivity contribution >= 4 is 40.0 Å². The van der Waals surface area contributed by atoms with E-state index in [1.807, 2.05) is 24.3 Å². The van der Waals surface area contributed by atoms with E-state index < -0.39 is 0 Å². The number of piperazine rings is 5. The Labute approximate surface area is 657 Å². The Morgan fingerprint density at radius 2 is 0.679 bits per heavy atom. The number of hydrogen-bond donors (Lipinski definition) is 0. The van der Waals surface area contributed by atoms with Crippen LogP contribution in [0.3, 0.4) is 0 Å². The van der Waals surface area contributed by atoms with Crippen LogP contribution in [0.2, 0.25) is 0 Å². The number of Topliss-reactive ketones (excluding diaryl/α,β-unsaturated/α-hetero) is 2. The molecule has 5 saturated heterocycles. The smallest absolute Gasteiger partial charge is 0.159 e. The number of hydrogen-bond acceptors (Lipinski definition) is 12. The highest BCUT2D eigenvalue weighted by atomic mass is 16.1. The number of benzene rings is 5. The molecule has 16 fully saturated rings. The van der Waals surface area contributed by atoms with Crippen molar-refractivity contribution in [3.63, 3.8) is 0 Å². The van der Waals surface area contributed by atoms with E-state index in [4.69, 9.17) is 0 Å². The molecule has 17 aliphatic rings. The van der Waals surface area contributed by atoms with Gasteiger partial charge in [0.2, 0.25) is 0 Å². The summed E-state index contributed by atoms with van der Waals surface area (Å²) in [6.45, 7) is 37.3. The summed E-state index contributed by atoms with van der Waals surface area (Å²) in [5.74, 6) is 13.4. The first kappa shape index (κ1) is 75.7. The second kappa shape index (κ2) is 34.0. The molecule has 12 atom stereocenters. The van der Waals surface area contributed by atoms with Crippen molar-refractivity contribution in [3.8, 4) is 0 Å². The van der Waals surface area contributed by atoms with Crippen molar-refractivity contribution in [2.24, 2.45) is 76.9 Å². The van der Waals surface area contributed by atoms with Crippen LogP contribution < -0.4 is 24.5 Å².